The van der Waals surface area contributed by atoms with Gasteiger partial charge in [-0.25, -0.2) is 0 Å². The molecule has 3 aromatic carbocycles. The molecule has 8 heteroatoms. The van der Waals surface area contributed by atoms with Crippen molar-refractivity contribution in [2.75, 3.05) is 17.4 Å². The first kappa shape index (κ1) is 33.4. The van der Waals surface area contributed by atoms with Gasteiger partial charge in [0.25, 0.3) is 5.91 Å². The number of rotatable bonds is 19. The van der Waals surface area contributed by atoms with E-state index in [1.165, 1.54) is 51.0 Å². The predicted molar refractivity (Wildman–Crippen MR) is 174 cm³/mol. The molecule has 1 atom stereocenters. The Morgan fingerprint density at radius 1 is 0.833 bits per heavy atom. The second-order valence-electron chi connectivity index (χ2n) is 10.6. The number of amides is 1. The van der Waals surface area contributed by atoms with Crippen LogP contribution < -0.4 is 20.1 Å². The normalized spacial score (nSPS) is 11.6. The number of carbonyl (C=O) groups is 1. The highest BCUT2D eigenvalue weighted by Crippen LogP contribution is 2.34. The van der Waals surface area contributed by atoms with Gasteiger partial charge < -0.3 is 25.2 Å². The molecule has 0 aliphatic rings. The molecule has 0 aliphatic carbocycles. The van der Waals surface area contributed by atoms with E-state index in [-0.39, 0.29) is 23.4 Å². The van der Waals surface area contributed by atoms with Crippen LogP contribution in [0.1, 0.15) is 83.1 Å². The fourth-order valence-electron chi connectivity index (χ4n) is 4.60. The minimum Gasteiger partial charge on any atom is -0.506 e. The number of phenolic OH excluding ortho intramolecular Hbond substituents is 1. The highest BCUT2D eigenvalue weighted by molar-refractivity contribution is 6.34. The second-order valence-corrected chi connectivity index (χ2v) is 11.4. The number of hydrogen-bond acceptors (Lipinski definition) is 5. The van der Waals surface area contributed by atoms with Gasteiger partial charge in [-0.1, -0.05) is 118 Å². The van der Waals surface area contributed by atoms with Crippen LogP contribution in [0.4, 0.5) is 11.4 Å². The Morgan fingerprint density at radius 2 is 1.48 bits per heavy atom. The van der Waals surface area contributed by atoms with Gasteiger partial charge in [-0.2, -0.15) is 0 Å². The number of ether oxygens (including phenoxy) is 2. The molecule has 0 bridgehead atoms. The maximum Gasteiger partial charge on any atom is 0.265 e. The maximum absolute atomic E-state index is 13.4. The van der Waals surface area contributed by atoms with Gasteiger partial charge in [0, 0.05) is 6.07 Å². The van der Waals surface area contributed by atoms with E-state index in [9.17, 15) is 9.90 Å². The highest BCUT2D eigenvalue weighted by atomic mass is 35.5. The molecule has 3 rings (SSSR count). The lowest BCUT2D eigenvalue weighted by Crippen LogP contribution is -2.33. The zero-order valence-electron chi connectivity index (χ0n) is 24.8. The van der Waals surface area contributed by atoms with Gasteiger partial charge in [-0.05, 0) is 50.1 Å². The number of aryl methyl sites for hydroxylation is 1. The standard InChI is InChI=1S/C34H44Cl2N2O4/c1-3-4-5-6-7-8-9-10-11-12-17-33(42-32-16-14-13-15-27(32)35)34(40)38-29-23-31(39)30(22-28(29)36)37-24-41-26-20-18-25(2)19-21-26/h13-16,18-23,33,37,39H,3-12,17,24H2,1-2H3,(H,38,40). The third-order valence-electron chi connectivity index (χ3n) is 7.08. The second kappa shape index (κ2) is 18.4. The monoisotopic (exact) mass is 614 g/mol. The topological polar surface area (TPSA) is 79.8 Å². The van der Waals surface area contributed by atoms with Crippen molar-refractivity contribution in [3.8, 4) is 17.2 Å². The molecule has 42 heavy (non-hydrogen) atoms. The van der Waals surface area contributed by atoms with Crippen LogP contribution in [-0.2, 0) is 4.79 Å². The van der Waals surface area contributed by atoms with E-state index < -0.39 is 6.10 Å². The van der Waals surface area contributed by atoms with Crippen molar-refractivity contribution < 1.29 is 19.4 Å². The number of unbranched alkanes of at least 4 members (excludes halogenated alkanes) is 9. The van der Waals surface area contributed by atoms with Gasteiger partial charge in [-0.3, -0.25) is 4.79 Å². The van der Waals surface area contributed by atoms with Gasteiger partial charge in [0.1, 0.15) is 17.2 Å². The molecule has 0 saturated heterocycles. The number of hydrogen-bond donors (Lipinski definition) is 3. The van der Waals surface area contributed by atoms with E-state index in [0.29, 0.717) is 34.3 Å². The van der Waals surface area contributed by atoms with Crippen molar-refractivity contribution in [3.05, 3.63) is 76.3 Å². The van der Waals surface area contributed by atoms with Crippen LogP contribution in [0, 0.1) is 6.92 Å². The minimum atomic E-state index is -0.766. The molecule has 3 N–H and O–H groups in total. The smallest absolute Gasteiger partial charge is 0.265 e. The Hall–Kier alpha value is -3.09. The summed E-state index contributed by atoms with van der Waals surface area (Å²) in [6, 6.07) is 17.8. The lowest BCUT2D eigenvalue weighted by molar-refractivity contribution is -0.123. The van der Waals surface area contributed by atoms with E-state index >= 15 is 0 Å². The first-order valence-electron chi connectivity index (χ1n) is 15.0. The highest BCUT2D eigenvalue weighted by Gasteiger charge is 2.23. The van der Waals surface area contributed by atoms with Crippen LogP contribution in [0.15, 0.2) is 60.7 Å². The van der Waals surface area contributed by atoms with E-state index in [1.807, 2.05) is 43.3 Å². The van der Waals surface area contributed by atoms with Crippen molar-refractivity contribution in [2.45, 2.75) is 90.6 Å². The molecule has 228 valence electrons. The zero-order valence-corrected chi connectivity index (χ0v) is 26.3. The maximum atomic E-state index is 13.4. The van der Waals surface area contributed by atoms with Crippen LogP contribution in [0.3, 0.4) is 0 Å². The molecular formula is C34H44Cl2N2O4. The van der Waals surface area contributed by atoms with E-state index in [2.05, 4.69) is 17.6 Å². The first-order chi connectivity index (χ1) is 20.4. The summed E-state index contributed by atoms with van der Waals surface area (Å²) in [5, 5.41) is 17.2. The van der Waals surface area contributed by atoms with Crippen molar-refractivity contribution in [3.63, 3.8) is 0 Å². The van der Waals surface area contributed by atoms with E-state index in [1.54, 1.807) is 18.2 Å². The zero-order chi connectivity index (χ0) is 30.2. The van der Waals surface area contributed by atoms with E-state index in [4.69, 9.17) is 32.7 Å². The number of phenols is 1. The molecule has 6 nitrogen and oxygen atoms in total. The molecule has 0 saturated carbocycles. The summed E-state index contributed by atoms with van der Waals surface area (Å²) in [5.74, 6) is 0.735. The largest absolute Gasteiger partial charge is 0.506 e. The third-order valence-corrected chi connectivity index (χ3v) is 7.71. The Kier molecular flexibility index (Phi) is 14.7. The summed E-state index contributed by atoms with van der Waals surface area (Å²) in [6.07, 6.45) is 11.8. The Bertz CT molecular complexity index is 1240. The minimum absolute atomic E-state index is 0.0690. The molecule has 1 amide bonds. The number of para-hydroxylation sites is 1. The number of anilines is 2. The summed E-state index contributed by atoms with van der Waals surface area (Å²) in [6.45, 7) is 4.37. The van der Waals surface area contributed by atoms with Crippen LogP contribution in [0.5, 0.6) is 17.2 Å². The first-order valence-corrected chi connectivity index (χ1v) is 15.8. The SMILES string of the molecule is CCCCCCCCCCCCC(Oc1ccccc1Cl)C(=O)Nc1cc(O)c(NCOc2ccc(C)cc2)cc1Cl. The Morgan fingerprint density at radius 3 is 2.14 bits per heavy atom. The lowest BCUT2D eigenvalue weighted by Gasteiger charge is -2.20. The molecule has 1 unspecified atom stereocenters. The fraction of sp³-hybridized carbons (Fsp3) is 0.441. The van der Waals surface area contributed by atoms with Crippen molar-refractivity contribution in [1.29, 1.82) is 0 Å². The Labute approximate surface area is 260 Å². The lowest BCUT2D eigenvalue weighted by atomic mass is 10.0. The van der Waals surface area contributed by atoms with Gasteiger partial charge in [0.15, 0.2) is 12.8 Å². The molecule has 0 heterocycles. The van der Waals surface area contributed by atoms with E-state index in [0.717, 1.165) is 24.8 Å². The summed E-state index contributed by atoms with van der Waals surface area (Å²) < 4.78 is 11.8. The molecule has 0 aliphatic heterocycles. The summed E-state index contributed by atoms with van der Waals surface area (Å²) in [4.78, 5) is 13.4. The number of nitrogens with one attached hydrogen (secondary N) is 2. The van der Waals surface area contributed by atoms with Gasteiger partial charge in [0.2, 0.25) is 0 Å². The van der Waals surface area contributed by atoms with Crippen LogP contribution in [0.25, 0.3) is 0 Å². The van der Waals surface area contributed by atoms with Gasteiger partial charge >= 0.3 is 0 Å². The van der Waals surface area contributed by atoms with Crippen LogP contribution in [0.2, 0.25) is 10.0 Å². The Balaban J connectivity index is 1.55. The molecular weight excluding hydrogens is 571 g/mol. The fourth-order valence-corrected chi connectivity index (χ4v) is 4.99. The average Bonchev–Trinajstić information content (AvgIpc) is 2.97. The van der Waals surface area contributed by atoms with Gasteiger partial charge in [0.05, 0.1) is 21.4 Å². The van der Waals surface area contributed by atoms with Gasteiger partial charge in [-0.15, -0.1) is 0 Å². The molecule has 0 aromatic heterocycles. The van der Waals surface area contributed by atoms with Crippen molar-refractivity contribution in [2.24, 2.45) is 0 Å². The summed E-state index contributed by atoms with van der Waals surface area (Å²) in [5.41, 5.74) is 1.82. The predicted octanol–water partition coefficient (Wildman–Crippen LogP) is 10.2. The molecule has 0 fully saturated rings. The van der Waals surface area contributed by atoms with Crippen LogP contribution in [-0.4, -0.2) is 23.8 Å². The number of benzene rings is 3. The van der Waals surface area contributed by atoms with Crippen molar-refractivity contribution in [1.82, 2.24) is 0 Å². The molecule has 0 spiro atoms. The number of aromatic hydroxyl groups is 1. The average molecular weight is 616 g/mol. The third kappa shape index (κ3) is 11.7. The molecule has 3 aromatic rings. The summed E-state index contributed by atoms with van der Waals surface area (Å²) in [7, 11) is 0. The van der Waals surface area contributed by atoms with Crippen LogP contribution >= 0.6 is 23.2 Å². The molecule has 0 radical (unpaired) electrons. The van der Waals surface area contributed by atoms with Crippen molar-refractivity contribution >= 4 is 40.5 Å². The number of halogens is 2. The number of carbonyl (C=O) groups excluding carboxylic acids is 1. The quantitative estimate of drug-likeness (QED) is 0.0711. The summed E-state index contributed by atoms with van der Waals surface area (Å²) >= 11 is 12.8.